The van der Waals surface area contributed by atoms with Crippen molar-refractivity contribution in [3.05, 3.63) is 0 Å². The Labute approximate surface area is 83.4 Å². The van der Waals surface area contributed by atoms with E-state index < -0.39 is 17.6 Å². The summed E-state index contributed by atoms with van der Waals surface area (Å²) >= 11 is 0. The molecular weight excluding hydrogens is 213 g/mol. The Morgan fingerprint density at radius 1 is 1.40 bits per heavy atom. The molecule has 0 saturated carbocycles. The van der Waals surface area contributed by atoms with Crippen LogP contribution in [0.15, 0.2) is 0 Å². The first kappa shape index (κ1) is 10.3. The first-order valence-corrected chi connectivity index (χ1v) is 4.50. The van der Waals surface area contributed by atoms with E-state index in [2.05, 4.69) is 5.32 Å². The Balaban J connectivity index is 1.94. The molecular formula is C8H9F3N2O2. The lowest BCUT2D eigenvalue weighted by molar-refractivity contribution is -0.193. The molecule has 2 fully saturated rings. The van der Waals surface area contributed by atoms with Crippen molar-refractivity contribution in [2.45, 2.75) is 24.6 Å². The van der Waals surface area contributed by atoms with E-state index in [1.165, 1.54) is 0 Å². The van der Waals surface area contributed by atoms with Crippen molar-refractivity contribution in [2.75, 3.05) is 13.1 Å². The molecule has 2 amide bonds. The standard InChI is InChI=1S/C8H9F3N2O2/c9-8(10,11)6(15)13-3-7(4-13)2-1-5(14)12-7/h1-4H2,(H,12,14). The highest BCUT2D eigenvalue weighted by Gasteiger charge is 2.54. The SMILES string of the molecule is O=C1CCC2(CN(C(=O)C(F)(F)F)C2)N1. The highest BCUT2D eigenvalue weighted by molar-refractivity contribution is 5.85. The molecule has 15 heavy (non-hydrogen) atoms. The molecule has 1 N–H and O–H groups in total. The molecule has 0 radical (unpaired) electrons. The number of hydrogen-bond donors (Lipinski definition) is 1. The fourth-order valence-corrected chi connectivity index (χ4v) is 2.02. The summed E-state index contributed by atoms with van der Waals surface area (Å²) in [6, 6.07) is 0. The van der Waals surface area contributed by atoms with E-state index >= 15 is 0 Å². The molecule has 0 aromatic heterocycles. The highest BCUT2D eigenvalue weighted by atomic mass is 19.4. The lowest BCUT2D eigenvalue weighted by Gasteiger charge is -2.47. The lowest BCUT2D eigenvalue weighted by atomic mass is 9.88. The summed E-state index contributed by atoms with van der Waals surface area (Å²) < 4.78 is 36.0. The molecule has 0 aliphatic carbocycles. The molecule has 2 heterocycles. The number of rotatable bonds is 0. The van der Waals surface area contributed by atoms with Crippen molar-refractivity contribution in [3.8, 4) is 0 Å². The molecule has 4 nitrogen and oxygen atoms in total. The minimum Gasteiger partial charge on any atom is -0.347 e. The topological polar surface area (TPSA) is 49.4 Å². The molecule has 2 aliphatic heterocycles. The van der Waals surface area contributed by atoms with Gasteiger partial charge in [0.25, 0.3) is 0 Å². The maximum atomic E-state index is 12.0. The van der Waals surface area contributed by atoms with Crippen LogP contribution in [0.3, 0.4) is 0 Å². The Kier molecular flexibility index (Phi) is 1.96. The van der Waals surface area contributed by atoms with Gasteiger partial charge < -0.3 is 10.2 Å². The van der Waals surface area contributed by atoms with Gasteiger partial charge in [0, 0.05) is 19.5 Å². The van der Waals surface area contributed by atoms with Gasteiger partial charge in [0.05, 0.1) is 5.54 Å². The zero-order chi connectivity index (χ0) is 11.3. The fourth-order valence-electron chi connectivity index (χ4n) is 2.02. The van der Waals surface area contributed by atoms with Gasteiger partial charge in [0.2, 0.25) is 5.91 Å². The van der Waals surface area contributed by atoms with Crippen LogP contribution in [0.1, 0.15) is 12.8 Å². The van der Waals surface area contributed by atoms with E-state index in [1.54, 1.807) is 0 Å². The molecule has 2 saturated heterocycles. The number of halogens is 3. The van der Waals surface area contributed by atoms with Crippen LogP contribution in [0.5, 0.6) is 0 Å². The van der Waals surface area contributed by atoms with Crippen molar-refractivity contribution in [1.29, 1.82) is 0 Å². The van der Waals surface area contributed by atoms with Crippen molar-refractivity contribution < 1.29 is 22.8 Å². The van der Waals surface area contributed by atoms with Crippen molar-refractivity contribution in [2.24, 2.45) is 0 Å². The number of likely N-dealkylation sites (tertiary alicyclic amines) is 1. The Morgan fingerprint density at radius 2 is 2.00 bits per heavy atom. The van der Waals surface area contributed by atoms with Crippen molar-refractivity contribution >= 4 is 11.8 Å². The molecule has 0 atom stereocenters. The fraction of sp³-hybridized carbons (Fsp3) is 0.750. The molecule has 2 aliphatic rings. The number of alkyl halides is 3. The molecule has 0 aromatic rings. The van der Waals surface area contributed by atoms with Gasteiger partial charge in [-0.15, -0.1) is 0 Å². The van der Waals surface area contributed by atoms with Gasteiger partial charge in [0.15, 0.2) is 0 Å². The third-order valence-corrected chi connectivity index (χ3v) is 2.75. The van der Waals surface area contributed by atoms with E-state index in [1.807, 2.05) is 0 Å². The molecule has 0 aromatic carbocycles. The van der Waals surface area contributed by atoms with E-state index in [4.69, 9.17) is 0 Å². The van der Waals surface area contributed by atoms with E-state index in [9.17, 15) is 22.8 Å². The summed E-state index contributed by atoms with van der Waals surface area (Å²) in [7, 11) is 0. The summed E-state index contributed by atoms with van der Waals surface area (Å²) in [5.74, 6) is -1.98. The molecule has 7 heteroatoms. The van der Waals surface area contributed by atoms with E-state index in [-0.39, 0.29) is 19.0 Å². The molecule has 1 spiro atoms. The van der Waals surface area contributed by atoms with Crippen LogP contribution in [0.25, 0.3) is 0 Å². The number of nitrogens with zero attached hydrogens (tertiary/aromatic N) is 1. The van der Waals surface area contributed by atoms with Gasteiger partial charge in [-0.1, -0.05) is 0 Å². The van der Waals surface area contributed by atoms with Crippen LogP contribution in [0.4, 0.5) is 13.2 Å². The van der Waals surface area contributed by atoms with Crippen LogP contribution in [0, 0.1) is 0 Å². The van der Waals surface area contributed by atoms with Crippen LogP contribution in [-0.2, 0) is 9.59 Å². The minimum atomic E-state index is -4.82. The summed E-state index contributed by atoms with van der Waals surface area (Å²) in [6.45, 7) is -0.0613. The molecule has 0 bridgehead atoms. The van der Waals surface area contributed by atoms with Gasteiger partial charge in [0.1, 0.15) is 0 Å². The van der Waals surface area contributed by atoms with Gasteiger partial charge >= 0.3 is 12.1 Å². The largest absolute Gasteiger partial charge is 0.471 e. The normalized spacial score (nSPS) is 23.9. The second-order valence-corrected chi connectivity index (χ2v) is 3.99. The predicted molar refractivity (Wildman–Crippen MR) is 42.7 cm³/mol. The van der Waals surface area contributed by atoms with E-state index in [0.29, 0.717) is 17.7 Å². The van der Waals surface area contributed by atoms with E-state index in [0.717, 1.165) is 0 Å². The number of carbonyl (C=O) groups excluding carboxylic acids is 2. The Bertz CT molecular complexity index is 320. The third-order valence-electron chi connectivity index (χ3n) is 2.75. The quantitative estimate of drug-likeness (QED) is 0.629. The first-order valence-electron chi connectivity index (χ1n) is 4.50. The summed E-state index contributed by atoms with van der Waals surface area (Å²) in [5.41, 5.74) is -0.585. The predicted octanol–water partition coefficient (Wildman–Crippen LogP) is 0.0397. The second-order valence-electron chi connectivity index (χ2n) is 3.99. The molecule has 84 valence electrons. The van der Waals surface area contributed by atoms with Crippen LogP contribution in [-0.4, -0.2) is 41.5 Å². The lowest BCUT2D eigenvalue weighted by Crippen LogP contribution is -2.70. The van der Waals surface area contributed by atoms with Gasteiger partial charge in [-0.05, 0) is 6.42 Å². The smallest absolute Gasteiger partial charge is 0.347 e. The average Bonchev–Trinajstić information content (AvgIpc) is 2.42. The Morgan fingerprint density at radius 3 is 2.40 bits per heavy atom. The number of carbonyl (C=O) groups is 2. The molecule has 2 rings (SSSR count). The maximum Gasteiger partial charge on any atom is 0.471 e. The van der Waals surface area contributed by atoms with Gasteiger partial charge in [-0.3, -0.25) is 9.59 Å². The summed E-state index contributed by atoms with van der Waals surface area (Å²) in [4.78, 5) is 22.4. The van der Waals surface area contributed by atoms with Gasteiger partial charge in [-0.2, -0.15) is 13.2 Å². The second kappa shape index (κ2) is 2.86. The maximum absolute atomic E-state index is 12.0. The van der Waals surface area contributed by atoms with Crippen LogP contribution in [0.2, 0.25) is 0 Å². The third kappa shape index (κ3) is 1.66. The van der Waals surface area contributed by atoms with Gasteiger partial charge in [-0.25, -0.2) is 0 Å². The summed E-state index contributed by atoms with van der Waals surface area (Å²) in [5, 5.41) is 2.60. The summed E-state index contributed by atoms with van der Waals surface area (Å²) in [6.07, 6.45) is -3.98. The minimum absolute atomic E-state index is 0.0307. The molecule has 0 unspecified atom stereocenters. The van der Waals surface area contributed by atoms with Crippen molar-refractivity contribution in [3.63, 3.8) is 0 Å². The zero-order valence-electron chi connectivity index (χ0n) is 7.73. The zero-order valence-corrected chi connectivity index (χ0v) is 7.73. The van der Waals surface area contributed by atoms with Crippen LogP contribution >= 0.6 is 0 Å². The monoisotopic (exact) mass is 222 g/mol. The number of nitrogens with one attached hydrogen (secondary N) is 1. The number of hydrogen-bond acceptors (Lipinski definition) is 2. The van der Waals surface area contributed by atoms with Crippen LogP contribution < -0.4 is 5.32 Å². The van der Waals surface area contributed by atoms with Crippen molar-refractivity contribution in [1.82, 2.24) is 10.2 Å². The average molecular weight is 222 g/mol. The number of amides is 2. The Hall–Kier alpha value is -1.27. The first-order chi connectivity index (χ1) is 6.82. The highest BCUT2D eigenvalue weighted by Crippen LogP contribution is 2.33.